The molecule has 1 atom stereocenters. The van der Waals surface area contributed by atoms with Gasteiger partial charge in [-0.2, -0.15) is 18.3 Å². The lowest BCUT2D eigenvalue weighted by Crippen LogP contribution is -2.43. The molecule has 0 radical (unpaired) electrons. The molecule has 1 unspecified atom stereocenters. The average Bonchev–Trinajstić information content (AvgIpc) is 3.08. The maximum atomic E-state index is 12.6. The molecule has 4 heterocycles. The second-order valence-corrected chi connectivity index (χ2v) is 8.59. The van der Waals surface area contributed by atoms with Crippen molar-refractivity contribution in [2.24, 2.45) is 0 Å². The van der Waals surface area contributed by atoms with Crippen LogP contribution in [0.2, 0.25) is 0 Å². The van der Waals surface area contributed by atoms with Gasteiger partial charge in [-0.25, -0.2) is 22.7 Å². The van der Waals surface area contributed by atoms with E-state index < -0.39 is 22.0 Å². The Bertz CT molecular complexity index is 1100. The molecule has 3 aromatic heterocycles. The number of piperidine rings is 1. The topological polar surface area (TPSA) is 91.8 Å². The maximum Gasteiger partial charge on any atom is 0.404 e. The largest absolute Gasteiger partial charge is 0.404 e. The van der Waals surface area contributed by atoms with E-state index in [1.54, 1.807) is 18.6 Å². The summed E-state index contributed by atoms with van der Waals surface area (Å²) in [6, 6.07) is 1.81. The molecular formula is C16H16F3N5O2S. The summed E-state index contributed by atoms with van der Waals surface area (Å²) in [6.45, 7) is 0.0651. The summed E-state index contributed by atoms with van der Waals surface area (Å²) in [5.41, 5.74) is 1.25. The zero-order valence-corrected chi connectivity index (χ0v) is 14.9. The fourth-order valence-corrected chi connectivity index (χ4v) is 5.04. The van der Waals surface area contributed by atoms with Gasteiger partial charge in [0.1, 0.15) is 0 Å². The average molecular weight is 399 g/mol. The molecule has 1 aliphatic rings. The zero-order valence-electron chi connectivity index (χ0n) is 14.1. The number of aromatic nitrogens is 4. The first-order chi connectivity index (χ1) is 12.7. The van der Waals surface area contributed by atoms with Crippen LogP contribution in [0.15, 0.2) is 24.7 Å². The van der Waals surface area contributed by atoms with Crippen LogP contribution in [-0.2, 0) is 10.0 Å². The monoisotopic (exact) mass is 399 g/mol. The Hall–Kier alpha value is -2.27. The van der Waals surface area contributed by atoms with Crippen LogP contribution >= 0.6 is 0 Å². The van der Waals surface area contributed by atoms with E-state index in [9.17, 15) is 21.6 Å². The van der Waals surface area contributed by atoms with Crippen LogP contribution in [0.3, 0.4) is 0 Å². The molecule has 144 valence electrons. The van der Waals surface area contributed by atoms with Gasteiger partial charge in [-0.15, -0.1) is 0 Å². The summed E-state index contributed by atoms with van der Waals surface area (Å²) in [5, 5.41) is 9.42. The number of rotatable bonds is 3. The van der Waals surface area contributed by atoms with Gasteiger partial charge in [0.05, 0.1) is 6.20 Å². The minimum absolute atomic E-state index is 0.0202. The van der Waals surface area contributed by atoms with E-state index in [1.165, 1.54) is 0 Å². The molecule has 0 aliphatic carbocycles. The fraction of sp³-hybridized carbons (Fsp3) is 0.438. The minimum atomic E-state index is -4.77. The summed E-state index contributed by atoms with van der Waals surface area (Å²) in [7, 11) is -4.42. The van der Waals surface area contributed by atoms with E-state index in [2.05, 4.69) is 20.2 Å². The van der Waals surface area contributed by atoms with E-state index in [4.69, 9.17) is 0 Å². The highest BCUT2D eigenvalue weighted by atomic mass is 32.2. The number of hydrogen-bond donors (Lipinski definition) is 1. The van der Waals surface area contributed by atoms with Gasteiger partial charge in [0.25, 0.3) is 0 Å². The molecule has 1 saturated heterocycles. The maximum absolute atomic E-state index is 12.6. The molecule has 11 heteroatoms. The third-order valence-electron chi connectivity index (χ3n) is 4.75. The number of sulfonamides is 1. The van der Waals surface area contributed by atoms with Crippen molar-refractivity contribution in [3.63, 3.8) is 0 Å². The third kappa shape index (κ3) is 3.48. The van der Waals surface area contributed by atoms with Crippen LogP contribution in [0.5, 0.6) is 0 Å². The Balaban J connectivity index is 1.73. The predicted molar refractivity (Wildman–Crippen MR) is 92.6 cm³/mol. The lowest BCUT2D eigenvalue weighted by molar-refractivity contribution is -0.107. The molecule has 0 saturated carbocycles. The first-order valence-corrected chi connectivity index (χ1v) is 9.97. The van der Waals surface area contributed by atoms with Crippen LogP contribution in [0.1, 0.15) is 24.5 Å². The molecule has 0 spiro atoms. The SMILES string of the molecule is O=S(=O)(CC(F)(F)F)N1CCCC(c2[nH]ncc3cnc4nccc4c23)C1. The second kappa shape index (κ2) is 6.41. The van der Waals surface area contributed by atoms with Crippen LogP contribution in [0, 0.1) is 0 Å². The number of pyridine rings is 1. The molecule has 0 aromatic carbocycles. The zero-order chi connectivity index (χ0) is 19.2. The Morgan fingerprint density at radius 3 is 2.85 bits per heavy atom. The number of nitrogens with zero attached hydrogens (tertiary/aromatic N) is 4. The summed E-state index contributed by atoms with van der Waals surface area (Å²) in [6.07, 6.45) is 1.22. The van der Waals surface area contributed by atoms with Crippen molar-refractivity contribution < 1.29 is 21.6 Å². The normalized spacial score (nSPS) is 19.7. The van der Waals surface area contributed by atoms with Crippen molar-refractivity contribution >= 4 is 31.8 Å². The molecule has 3 aromatic rings. The quantitative estimate of drug-likeness (QED) is 0.731. The molecule has 0 amide bonds. The van der Waals surface area contributed by atoms with Gasteiger partial charge in [0.2, 0.25) is 10.0 Å². The van der Waals surface area contributed by atoms with Gasteiger partial charge in [0, 0.05) is 53.3 Å². The van der Waals surface area contributed by atoms with Crippen LogP contribution in [0.4, 0.5) is 13.2 Å². The predicted octanol–water partition coefficient (Wildman–Crippen LogP) is 2.58. The molecule has 27 heavy (non-hydrogen) atoms. The summed E-state index contributed by atoms with van der Waals surface area (Å²) < 4.78 is 63.2. The highest BCUT2D eigenvalue weighted by molar-refractivity contribution is 7.89. The molecule has 1 aliphatic heterocycles. The van der Waals surface area contributed by atoms with Crippen molar-refractivity contribution in [2.45, 2.75) is 24.9 Å². The van der Waals surface area contributed by atoms with Gasteiger partial charge in [-0.05, 0) is 18.9 Å². The van der Waals surface area contributed by atoms with Crippen molar-refractivity contribution in [1.29, 1.82) is 0 Å². The number of aromatic amines is 1. The molecule has 1 N–H and O–H groups in total. The molecular weight excluding hydrogens is 383 g/mol. The lowest BCUT2D eigenvalue weighted by atomic mass is 9.92. The summed E-state index contributed by atoms with van der Waals surface area (Å²) >= 11 is 0. The Morgan fingerprint density at radius 1 is 1.26 bits per heavy atom. The molecule has 1 fully saturated rings. The lowest BCUT2D eigenvalue weighted by Gasteiger charge is -2.32. The third-order valence-corrected chi connectivity index (χ3v) is 6.56. The first kappa shape index (κ1) is 18.1. The fourth-order valence-electron chi connectivity index (χ4n) is 3.63. The standard InChI is InChI=1S/C16H16F3N5O2S/c17-16(18,19)9-27(25,26)24-5-1-2-10(8-24)14-13-11(7-22-23-14)6-21-15-12(13)3-4-20-15/h3-4,6-7,10,23H,1-2,5,8-9H2. The number of halogens is 3. The second-order valence-electron chi connectivity index (χ2n) is 6.62. The van der Waals surface area contributed by atoms with Gasteiger partial charge < -0.3 is 0 Å². The minimum Gasteiger partial charge on any atom is -0.282 e. The van der Waals surface area contributed by atoms with Crippen molar-refractivity contribution in [3.8, 4) is 0 Å². The van der Waals surface area contributed by atoms with Gasteiger partial charge >= 0.3 is 6.18 Å². The first-order valence-electron chi connectivity index (χ1n) is 8.36. The van der Waals surface area contributed by atoms with Gasteiger partial charge in [0.15, 0.2) is 11.4 Å². The highest BCUT2D eigenvalue weighted by Gasteiger charge is 2.40. The molecule has 4 rings (SSSR count). The number of hydrogen-bond acceptors (Lipinski definition) is 5. The smallest absolute Gasteiger partial charge is 0.282 e. The van der Waals surface area contributed by atoms with Crippen molar-refractivity contribution in [3.05, 3.63) is 30.4 Å². The molecule has 0 bridgehead atoms. The van der Waals surface area contributed by atoms with E-state index in [0.717, 1.165) is 20.5 Å². The van der Waals surface area contributed by atoms with E-state index >= 15 is 0 Å². The van der Waals surface area contributed by atoms with E-state index in [-0.39, 0.29) is 19.0 Å². The number of H-pyrrole nitrogens is 1. The number of alkyl halides is 3. The van der Waals surface area contributed by atoms with E-state index in [1.807, 2.05) is 6.07 Å². The van der Waals surface area contributed by atoms with Crippen molar-refractivity contribution in [2.75, 3.05) is 18.8 Å². The number of nitrogens with one attached hydrogen (secondary N) is 1. The van der Waals surface area contributed by atoms with Gasteiger partial charge in [-0.3, -0.25) is 5.10 Å². The van der Waals surface area contributed by atoms with Crippen LogP contribution < -0.4 is 0 Å². The Kier molecular flexibility index (Phi) is 4.30. The number of fused-ring (bicyclic) bond motifs is 3. The van der Waals surface area contributed by atoms with Crippen molar-refractivity contribution in [1.82, 2.24) is 24.5 Å². The van der Waals surface area contributed by atoms with E-state index in [0.29, 0.717) is 24.2 Å². The highest BCUT2D eigenvalue weighted by Crippen LogP contribution is 2.34. The summed E-state index contributed by atoms with van der Waals surface area (Å²) in [4.78, 5) is 8.43. The van der Waals surface area contributed by atoms with Crippen LogP contribution in [0.25, 0.3) is 21.8 Å². The Labute approximate surface area is 152 Å². The molecule has 7 nitrogen and oxygen atoms in total. The summed E-state index contributed by atoms with van der Waals surface area (Å²) in [5.74, 6) is -2.14. The van der Waals surface area contributed by atoms with Gasteiger partial charge in [-0.1, -0.05) is 0 Å². The van der Waals surface area contributed by atoms with Crippen LogP contribution in [-0.4, -0.2) is 57.9 Å². The Morgan fingerprint density at radius 2 is 2.07 bits per heavy atom.